The third kappa shape index (κ3) is 5.55. The van der Waals surface area contributed by atoms with Crippen LogP contribution < -0.4 is 15.4 Å². The van der Waals surface area contributed by atoms with E-state index in [0.717, 1.165) is 41.7 Å². The largest absolute Gasteiger partial charge is 0.496 e. The number of aromatic nitrogens is 2. The third-order valence-electron chi connectivity index (χ3n) is 4.65. The van der Waals surface area contributed by atoms with Crippen molar-refractivity contribution >= 4 is 17.5 Å². The molecular weight excluding hydrogens is 342 g/mol. The van der Waals surface area contributed by atoms with Crippen LogP contribution in [0.3, 0.4) is 0 Å². The second kappa shape index (κ2) is 9.53. The Morgan fingerprint density at radius 3 is 2.70 bits per heavy atom. The predicted octanol–water partition coefficient (Wildman–Crippen LogP) is 3.19. The van der Waals surface area contributed by atoms with E-state index in [-0.39, 0.29) is 0 Å². The second-order valence-corrected chi connectivity index (χ2v) is 6.72. The number of nitrogens with zero attached hydrogens (tertiary/aromatic N) is 3. The Labute approximate surface area is 161 Å². The number of anilines is 3. The Balaban J connectivity index is 1.62. The van der Waals surface area contributed by atoms with Crippen molar-refractivity contribution in [3.8, 4) is 5.75 Å². The second-order valence-electron chi connectivity index (χ2n) is 6.72. The van der Waals surface area contributed by atoms with Gasteiger partial charge >= 0.3 is 0 Å². The normalized spacial score (nSPS) is 14.3. The summed E-state index contributed by atoms with van der Waals surface area (Å²) >= 11 is 0. The Hall–Kier alpha value is -2.38. The van der Waals surface area contributed by atoms with Crippen LogP contribution in [0, 0.1) is 6.92 Å². The third-order valence-corrected chi connectivity index (χ3v) is 4.65. The Bertz CT molecular complexity index is 747. The number of hydrogen-bond acceptors (Lipinski definition) is 7. The molecule has 146 valence electrons. The van der Waals surface area contributed by atoms with Gasteiger partial charge in [0.05, 0.1) is 20.3 Å². The summed E-state index contributed by atoms with van der Waals surface area (Å²) in [5.74, 6) is 2.16. The summed E-state index contributed by atoms with van der Waals surface area (Å²) < 4.78 is 11.4. The quantitative estimate of drug-likeness (QED) is 0.656. The van der Waals surface area contributed by atoms with E-state index < -0.39 is 0 Å². The Morgan fingerprint density at radius 2 is 1.96 bits per heavy atom. The number of likely N-dealkylation sites (tertiary alicyclic amines) is 1. The molecule has 1 saturated heterocycles. The highest BCUT2D eigenvalue weighted by molar-refractivity contribution is 5.58. The molecule has 2 aromatic rings. The van der Waals surface area contributed by atoms with E-state index in [1.807, 2.05) is 38.2 Å². The van der Waals surface area contributed by atoms with Gasteiger partial charge in [-0.25, -0.2) is 4.98 Å². The molecule has 0 atom stereocenters. The maximum absolute atomic E-state index is 5.89. The van der Waals surface area contributed by atoms with Crippen LogP contribution in [-0.2, 0) is 11.3 Å². The first-order valence-electron chi connectivity index (χ1n) is 9.45. The average molecular weight is 371 g/mol. The number of benzene rings is 1. The summed E-state index contributed by atoms with van der Waals surface area (Å²) in [6.07, 6.45) is 2.61. The fraction of sp³-hybridized carbons (Fsp3) is 0.500. The monoisotopic (exact) mass is 371 g/mol. The van der Waals surface area contributed by atoms with Gasteiger partial charge in [0, 0.05) is 36.6 Å². The highest BCUT2D eigenvalue weighted by Crippen LogP contribution is 2.25. The fourth-order valence-corrected chi connectivity index (χ4v) is 3.23. The zero-order chi connectivity index (χ0) is 19.1. The van der Waals surface area contributed by atoms with Crippen molar-refractivity contribution in [2.45, 2.75) is 26.4 Å². The van der Waals surface area contributed by atoms with Gasteiger partial charge in [-0.1, -0.05) is 0 Å². The van der Waals surface area contributed by atoms with Gasteiger partial charge in [-0.05, 0) is 51.1 Å². The van der Waals surface area contributed by atoms with Crippen LogP contribution in [0.15, 0.2) is 24.3 Å². The first kappa shape index (κ1) is 19.4. The smallest absolute Gasteiger partial charge is 0.229 e. The van der Waals surface area contributed by atoms with Crippen LogP contribution >= 0.6 is 0 Å². The SMILES string of the molecule is CNc1cc(C)nc(Nc2ccc(OC)c(COCCN3CCCC3)c2)n1. The lowest BCUT2D eigenvalue weighted by Gasteiger charge is -2.16. The molecule has 0 radical (unpaired) electrons. The molecule has 0 bridgehead atoms. The molecule has 0 saturated carbocycles. The van der Waals surface area contributed by atoms with Crippen LogP contribution in [0.4, 0.5) is 17.5 Å². The van der Waals surface area contributed by atoms with E-state index in [2.05, 4.69) is 25.5 Å². The van der Waals surface area contributed by atoms with E-state index in [4.69, 9.17) is 9.47 Å². The molecule has 0 unspecified atom stereocenters. The molecule has 3 rings (SSSR count). The lowest BCUT2D eigenvalue weighted by atomic mass is 10.2. The molecular formula is C20H29N5O2. The summed E-state index contributed by atoms with van der Waals surface area (Å²) in [5.41, 5.74) is 2.81. The predicted molar refractivity (Wildman–Crippen MR) is 108 cm³/mol. The summed E-state index contributed by atoms with van der Waals surface area (Å²) in [7, 11) is 3.52. The molecule has 1 aliphatic heterocycles. The molecule has 1 fully saturated rings. The van der Waals surface area contributed by atoms with E-state index in [1.54, 1.807) is 7.11 Å². The van der Waals surface area contributed by atoms with Crippen molar-refractivity contribution in [3.63, 3.8) is 0 Å². The lowest BCUT2D eigenvalue weighted by Crippen LogP contribution is -2.23. The molecule has 2 N–H and O–H groups in total. The van der Waals surface area contributed by atoms with Gasteiger partial charge in [0.25, 0.3) is 0 Å². The summed E-state index contributed by atoms with van der Waals surface area (Å²) in [6.45, 7) is 6.57. The molecule has 1 aromatic heterocycles. The van der Waals surface area contributed by atoms with Crippen LogP contribution in [0.25, 0.3) is 0 Å². The van der Waals surface area contributed by atoms with Crippen LogP contribution in [0.1, 0.15) is 24.1 Å². The highest BCUT2D eigenvalue weighted by atomic mass is 16.5. The van der Waals surface area contributed by atoms with Crippen molar-refractivity contribution in [1.29, 1.82) is 0 Å². The van der Waals surface area contributed by atoms with Gasteiger partial charge in [0.2, 0.25) is 5.95 Å². The number of methoxy groups -OCH3 is 1. The molecule has 1 aliphatic rings. The minimum absolute atomic E-state index is 0.517. The Kier molecular flexibility index (Phi) is 6.84. The van der Waals surface area contributed by atoms with E-state index in [1.165, 1.54) is 25.9 Å². The van der Waals surface area contributed by atoms with Crippen molar-refractivity contribution in [2.24, 2.45) is 0 Å². The van der Waals surface area contributed by atoms with Gasteiger partial charge in [0.1, 0.15) is 11.6 Å². The van der Waals surface area contributed by atoms with Gasteiger partial charge in [-0.2, -0.15) is 4.98 Å². The zero-order valence-electron chi connectivity index (χ0n) is 16.4. The number of aryl methyl sites for hydroxylation is 1. The summed E-state index contributed by atoms with van der Waals surface area (Å²) in [5, 5.41) is 6.31. The first-order valence-corrected chi connectivity index (χ1v) is 9.45. The number of rotatable bonds is 9. The minimum atomic E-state index is 0.517. The van der Waals surface area contributed by atoms with Gasteiger partial charge in [-0.15, -0.1) is 0 Å². The molecule has 0 amide bonds. The average Bonchev–Trinajstić information content (AvgIpc) is 3.18. The Morgan fingerprint density at radius 1 is 1.15 bits per heavy atom. The van der Waals surface area contributed by atoms with Crippen molar-refractivity contribution in [3.05, 3.63) is 35.5 Å². The van der Waals surface area contributed by atoms with E-state index in [9.17, 15) is 0 Å². The van der Waals surface area contributed by atoms with Gasteiger partial charge in [-0.3, -0.25) is 0 Å². The number of nitrogens with one attached hydrogen (secondary N) is 2. The summed E-state index contributed by atoms with van der Waals surface area (Å²) in [6, 6.07) is 7.83. The fourth-order valence-electron chi connectivity index (χ4n) is 3.23. The minimum Gasteiger partial charge on any atom is -0.496 e. The zero-order valence-corrected chi connectivity index (χ0v) is 16.4. The highest BCUT2D eigenvalue weighted by Gasteiger charge is 2.11. The molecule has 1 aromatic carbocycles. The standard InChI is InChI=1S/C20H29N5O2/c1-15-12-19(21-2)24-20(22-15)23-17-6-7-18(26-3)16(13-17)14-27-11-10-25-8-4-5-9-25/h6-7,12-13H,4-5,8-11,14H2,1-3H3,(H2,21,22,23,24). The molecule has 27 heavy (non-hydrogen) atoms. The first-order chi connectivity index (χ1) is 13.2. The maximum Gasteiger partial charge on any atom is 0.229 e. The van der Waals surface area contributed by atoms with Crippen LogP contribution in [0.5, 0.6) is 5.75 Å². The molecule has 7 nitrogen and oxygen atoms in total. The molecule has 0 spiro atoms. The van der Waals surface area contributed by atoms with E-state index in [0.29, 0.717) is 12.6 Å². The number of ether oxygens (including phenoxy) is 2. The van der Waals surface area contributed by atoms with Gasteiger partial charge < -0.3 is 25.0 Å². The van der Waals surface area contributed by atoms with Crippen molar-refractivity contribution in [1.82, 2.24) is 14.9 Å². The van der Waals surface area contributed by atoms with Crippen molar-refractivity contribution < 1.29 is 9.47 Å². The lowest BCUT2D eigenvalue weighted by molar-refractivity contribution is 0.0978. The topological polar surface area (TPSA) is 71.5 Å². The van der Waals surface area contributed by atoms with Gasteiger partial charge in [0.15, 0.2) is 0 Å². The molecule has 2 heterocycles. The molecule has 7 heteroatoms. The maximum atomic E-state index is 5.89. The van der Waals surface area contributed by atoms with Crippen molar-refractivity contribution in [2.75, 3.05) is 51.0 Å². The van der Waals surface area contributed by atoms with Crippen LogP contribution in [0.2, 0.25) is 0 Å². The van der Waals surface area contributed by atoms with Crippen LogP contribution in [-0.4, -0.2) is 55.3 Å². The summed E-state index contributed by atoms with van der Waals surface area (Å²) in [4.78, 5) is 11.3. The van der Waals surface area contributed by atoms with E-state index >= 15 is 0 Å². The molecule has 0 aliphatic carbocycles. The number of hydrogen-bond donors (Lipinski definition) is 2.